The molecule has 0 unspecified atom stereocenters. The molecule has 3 heterocycles. The Kier molecular flexibility index (Phi) is 7.89. The van der Waals surface area contributed by atoms with Crippen LogP contribution in [0.25, 0.3) is 22.1 Å². The van der Waals surface area contributed by atoms with E-state index in [4.69, 9.17) is 9.72 Å². The van der Waals surface area contributed by atoms with Crippen molar-refractivity contribution in [2.75, 3.05) is 11.9 Å². The van der Waals surface area contributed by atoms with Gasteiger partial charge in [0.2, 0.25) is 16.2 Å². The molecule has 12 heteroatoms. The summed E-state index contributed by atoms with van der Waals surface area (Å²) in [5.41, 5.74) is 3.61. The summed E-state index contributed by atoms with van der Waals surface area (Å²) >= 11 is 2.40. The second-order valence-corrected chi connectivity index (χ2v) is 10.6. The highest BCUT2D eigenvalue weighted by atomic mass is 32.2. The van der Waals surface area contributed by atoms with Crippen LogP contribution in [0.5, 0.6) is 0 Å². The second-order valence-electron chi connectivity index (χ2n) is 8.34. The van der Waals surface area contributed by atoms with Crippen molar-refractivity contribution >= 4 is 62.2 Å². The Morgan fingerprint density at radius 3 is 2.61 bits per heavy atom. The molecule has 38 heavy (non-hydrogen) atoms. The molecule has 0 aliphatic heterocycles. The minimum Gasteiger partial charge on any atom is -0.466 e. The van der Waals surface area contributed by atoms with Crippen LogP contribution in [-0.2, 0) is 27.3 Å². The molecule has 0 aliphatic rings. The summed E-state index contributed by atoms with van der Waals surface area (Å²) in [6.45, 7) is 4.59. The molecule has 2 aromatic carbocycles. The minimum atomic E-state index is -0.474. The largest absolute Gasteiger partial charge is 0.466 e. The Morgan fingerprint density at radius 2 is 1.82 bits per heavy atom. The first-order valence-electron chi connectivity index (χ1n) is 12.2. The normalized spacial score (nSPS) is 12.1. The second kappa shape index (κ2) is 11.7. The van der Waals surface area contributed by atoms with Crippen LogP contribution in [0.3, 0.4) is 0 Å². The molecule has 0 spiro atoms. The van der Waals surface area contributed by atoms with Crippen LogP contribution in [0.2, 0.25) is 0 Å². The number of benzene rings is 2. The third-order valence-corrected chi connectivity index (χ3v) is 7.80. The van der Waals surface area contributed by atoms with Crippen molar-refractivity contribution in [2.45, 2.75) is 43.6 Å². The maximum Gasteiger partial charge on any atom is 0.312 e. The predicted octanol–water partition coefficient (Wildman–Crippen LogP) is 4.49. The zero-order valence-electron chi connectivity index (χ0n) is 20.8. The van der Waals surface area contributed by atoms with Crippen molar-refractivity contribution in [1.29, 1.82) is 0 Å². The van der Waals surface area contributed by atoms with Gasteiger partial charge in [-0.25, -0.2) is 4.98 Å². The monoisotopic (exact) mass is 547 g/mol. The number of hydrogen-bond donors (Lipinski definition) is 1. The van der Waals surface area contributed by atoms with E-state index in [1.54, 1.807) is 6.92 Å². The first kappa shape index (κ1) is 25.7. The Labute approximate surface area is 226 Å². The molecule has 0 bridgehead atoms. The van der Waals surface area contributed by atoms with E-state index < -0.39 is 5.25 Å². The van der Waals surface area contributed by atoms with E-state index in [-0.39, 0.29) is 18.3 Å². The smallest absolute Gasteiger partial charge is 0.312 e. The summed E-state index contributed by atoms with van der Waals surface area (Å²) in [5, 5.41) is 21.3. The maximum atomic E-state index is 13.0. The molecule has 1 atom stereocenters. The molecule has 194 valence electrons. The lowest BCUT2D eigenvalue weighted by atomic mass is 10.2. The van der Waals surface area contributed by atoms with Crippen molar-refractivity contribution in [3.8, 4) is 0 Å². The number of thioether (sulfide) groups is 1. The number of rotatable bonds is 10. The standard InChI is InChI=1S/C26H25N7O3S2/c1-3-19(24(35)28-26-31-29-20(38-26)14-21(34)36-4-2)37-25-27-23-22(30-32-25)17-12-8-9-13-18(17)33(23)15-16-10-6-5-7-11-16/h5-13,19H,3-4,14-15H2,1-2H3,(H,28,31,35)/t19-/m1/s1. The lowest BCUT2D eigenvalue weighted by Gasteiger charge is -2.12. The van der Waals surface area contributed by atoms with Gasteiger partial charge in [0.1, 0.15) is 10.5 Å². The topological polar surface area (TPSA) is 125 Å². The number of anilines is 1. The molecule has 0 saturated heterocycles. The average Bonchev–Trinajstić information content (AvgIpc) is 3.49. The van der Waals surface area contributed by atoms with Gasteiger partial charge in [0.25, 0.3) is 0 Å². The van der Waals surface area contributed by atoms with E-state index in [1.165, 1.54) is 11.8 Å². The quantitative estimate of drug-likeness (QED) is 0.199. The van der Waals surface area contributed by atoms with E-state index in [9.17, 15) is 9.59 Å². The fourth-order valence-electron chi connectivity index (χ4n) is 4.01. The SMILES string of the molecule is CCOC(=O)Cc1nnc(NC(=O)[C@@H](CC)Sc2nnc3c4ccccc4n(Cc4ccccc4)c3n2)s1. The van der Waals surface area contributed by atoms with Crippen molar-refractivity contribution in [1.82, 2.24) is 29.9 Å². The van der Waals surface area contributed by atoms with Gasteiger partial charge in [-0.2, -0.15) is 0 Å². The van der Waals surface area contributed by atoms with E-state index in [2.05, 4.69) is 48.5 Å². The zero-order chi connectivity index (χ0) is 26.5. The van der Waals surface area contributed by atoms with Crippen molar-refractivity contribution in [2.24, 2.45) is 0 Å². The highest BCUT2D eigenvalue weighted by Crippen LogP contribution is 2.30. The van der Waals surface area contributed by atoms with Crippen LogP contribution in [0, 0.1) is 0 Å². The lowest BCUT2D eigenvalue weighted by molar-refractivity contribution is -0.142. The van der Waals surface area contributed by atoms with Gasteiger partial charge in [-0.05, 0) is 25.0 Å². The molecule has 1 amide bonds. The summed E-state index contributed by atoms with van der Waals surface area (Å²) in [6.07, 6.45) is 0.559. The van der Waals surface area contributed by atoms with Gasteiger partial charge in [0.05, 0.1) is 23.8 Å². The number of aromatic nitrogens is 6. The number of nitrogens with one attached hydrogen (secondary N) is 1. The zero-order valence-corrected chi connectivity index (χ0v) is 22.5. The third kappa shape index (κ3) is 5.65. The number of fused-ring (bicyclic) bond motifs is 3. The van der Waals surface area contributed by atoms with Crippen LogP contribution in [-0.4, -0.2) is 53.7 Å². The predicted molar refractivity (Wildman–Crippen MR) is 147 cm³/mol. The molecular formula is C26H25N7O3S2. The number of carbonyl (C=O) groups excluding carboxylic acids is 2. The van der Waals surface area contributed by atoms with Gasteiger partial charge in [0, 0.05) is 11.9 Å². The van der Waals surface area contributed by atoms with E-state index in [0.29, 0.717) is 34.9 Å². The Hall–Kier alpha value is -3.90. The number of ether oxygens (including phenoxy) is 1. The minimum absolute atomic E-state index is 0.0177. The van der Waals surface area contributed by atoms with Gasteiger partial charge < -0.3 is 9.30 Å². The highest BCUT2D eigenvalue weighted by Gasteiger charge is 2.23. The molecule has 5 aromatic rings. The van der Waals surface area contributed by atoms with Crippen LogP contribution in [0.15, 0.2) is 59.8 Å². The number of hydrogen-bond acceptors (Lipinski definition) is 10. The highest BCUT2D eigenvalue weighted by molar-refractivity contribution is 8.00. The van der Waals surface area contributed by atoms with E-state index in [1.807, 2.05) is 43.3 Å². The molecular weight excluding hydrogens is 522 g/mol. The number of esters is 1. The van der Waals surface area contributed by atoms with Gasteiger partial charge in [-0.3, -0.25) is 14.9 Å². The first-order valence-corrected chi connectivity index (χ1v) is 13.9. The molecule has 0 radical (unpaired) electrons. The van der Waals surface area contributed by atoms with Crippen molar-refractivity contribution < 1.29 is 14.3 Å². The summed E-state index contributed by atoms with van der Waals surface area (Å²) in [7, 11) is 0. The van der Waals surface area contributed by atoms with Gasteiger partial charge in [-0.1, -0.05) is 78.6 Å². The van der Waals surface area contributed by atoms with Crippen LogP contribution in [0.1, 0.15) is 30.8 Å². The fourth-order valence-corrected chi connectivity index (χ4v) is 5.55. The number of para-hydroxylation sites is 1. The summed E-state index contributed by atoms with van der Waals surface area (Å²) in [5.74, 6) is -0.627. The number of nitrogens with zero attached hydrogens (tertiary/aromatic N) is 6. The maximum absolute atomic E-state index is 13.0. The Balaban J connectivity index is 1.36. The summed E-state index contributed by atoms with van der Waals surface area (Å²) < 4.78 is 7.07. The molecule has 0 saturated carbocycles. The Bertz CT molecular complexity index is 1590. The summed E-state index contributed by atoms with van der Waals surface area (Å²) in [4.78, 5) is 29.5. The van der Waals surface area contributed by atoms with E-state index in [0.717, 1.165) is 39.0 Å². The van der Waals surface area contributed by atoms with Gasteiger partial charge in [0.15, 0.2) is 5.65 Å². The Morgan fingerprint density at radius 1 is 1.03 bits per heavy atom. The number of carbonyl (C=O) groups is 2. The molecule has 3 aromatic heterocycles. The molecule has 5 rings (SSSR count). The fraction of sp³-hybridized carbons (Fsp3) is 0.269. The van der Waals surface area contributed by atoms with Crippen LogP contribution >= 0.6 is 23.1 Å². The summed E-state index contributed by atoms with van der Waals surface area (Å²) in [6, 6.07) is 18.2. The molecule has 10 nitrogen and oxygen atoms in total. The van der Waals surface area contributed by atoms with E-state index >= 15 is 0 Å². The van der Waals surface area contributed by atoms with Crippen LogP contribution in [0.4, 0.5) is 5.13 Å². The van der Waals surface area contributed by atoms with Crippen molar-refractivity contribution in [3.05, 3.63) is 65.2 Å². The molecule has 0 aliphatic carbocycles. The third-order valence-electron chi connectivity index (χ3n) is 5.75. The van der Waals surface area contributed by atoms with Gasteiger partial charge >= 0.3 is 5.97 Å². The van der Waals surface area contributed by atoms with Gasteiger partial charge in [-0.15, -0.1) is 20.4 Å². The molecule has 1 N–H and O–H groups in total. The lowest BCUT2D eigenvalue weighted by Crippen LogP contribution is -2.24. The first-order chi connectivity index (χ1) is 18.6. The molecule has 0 fully saturated rings. The number of amides is 1. The average molecular weight is 548 g/mol. The van der Waals surface area contributed by atoms with Crippen LogP contribution < -0.4 is 5.32 Å². The van der Waals surface area contributed by atoms with Crippen molar-refractivity contribution in [3.63, 3.8) is 0 Å².